The summed E-state index contributed by atoms with van der Waals surface area (Å²) in [5, 5.41) is 20.4. The van der Waals surface area contributed by atoms with Gasteiger partial charge in [-0.3, -0.25) is 0 Å². The van der Waals surface area contributed by atoms with Crippen molar-refractivity contribution in [2.75, 3.05) is 13.7 Å². The van der Waals surface area contributed by atoms with Gasteiger partial charge in [0.1, 0.15) is 11.3 Å². The summed E-state index contributed by atoms with van der Waals surface area (Å²) in [6.45, 7) is 19.8. The average molecular weight is 575 g/mol. The number of rotatable bonds is 5. The number of carbonyl (C=O) groups is 1. The molecule has 0 spiro atoms. The number of allylic oxidation sites excluding steroid dienone is 3. The highest BCUT2D eigenvalue weighted by atomic mass is 16.5. The summed E-state index contributed by atoms with van der Waals surface area (Å²) in [5.74, 6) is 2.48. The Morgan fingerprint density at radius 1 is 0.976 bits per heavy atom. The van der Waals surface area contributed by atoms with Gasteiger partial charge in [-0.1, -0.05) is 58.9 Å². The van der Waals surface area contributed by atoms with Gasteiger partial charge in [0.15, 0.2) is 0 Å². The standard InChI is InChI=1S/C38H54O4/c1-23(2)25-13-18-38(22-39)20-19-36(6)28(32(25)38)11-12-31-35(5)16-14-27(34(3,4)30(35)15-17-37(31,36)7)24-9-10-26(33(40)41)29(21-24)42-8/h9-10,14,21,25,28,30-32,39H,1,11-13,15-20,22H2,2-8H3,(H,40,41)/t25-,28+,30?,31?,32?,35-,36+,37+,38+/m0/s1. The van der Waals surface area contributed by atoms with Crippen LogP contribution < -0.4 is 4.74 Å². The van der Waals surface area contributed by atoms with Gasteiger partial charge in [-0.05, 0) is 145 Å². The average Bonchev–Trinajstić information content (AvgIpc) is 3.33. The fourth-order valence-electron chi connectivity index (χ4n) is 12.7. The minimum absolute atomic E-state index is 0.0308. The lowest BCUT2D eigenvalue weighted by atomic mass is 9.32. The fourth-order valence-corrected chi connectivity index (χ4v) is 12.7. The topological polar surface area (TPSA) is 66.8 Å². The predicted octanol–water partition coefficient (Wildman–Crippen LogP) is 9.04. The molecule has 42 heavy (non-hydrogen) atoms. The zero-order valence-corrected chi connectivity index (χ0v) is 27.2. The molecule has 4 saturated carbocycles. The van der Waals surface area contributed by atoms with Gasteiger partial charge in [-0.2, -0.15) is 0 Å². The summed E-state index contributed by atoms with van der Waals surface area (Å²) in [6, 6.07) is 5.63. The Morgan fingerprint density at radius 2 is 1.71 bits per heavy atom. The van der Waals surface area contributed by atoms with Crippen LogP contribution >= 0.6 is 0 Å². The maximum Gasteiger partial charge on any atom is 0.339 e. The van der Waals surface area contributed by atoms with Gasteiger partial charge in [0, 0.05) is 6.61 Å². The number of hydrogen-bond donors (Lipinski definition) is 2. The smallest absolute Gasteiger partial charge is 0.339 e. The Kier molecular flexibility index (Phi) is 6.93. The monoisotopic (exact) mass is 574 g/mol. The van der Waals surface area contributed by atoms with E-state index in [9.17, 15) is 15.0 Å². The van der Waals surface area contributed by atoms with Crippen molar-refractivity contribution in [3.8, 4) is 5.75 Å². The first-order valence-electron chi connectivity index (χ1n) is 16.6. The number of ether oxygens (including phenoxy) is 1. The van der Waals surface area contributed by atoms with Crippen LogP contribution in [-0.4, -0.2) is 29.9 Å². The van der Waals surface area contributed by atoms with Crippen LogP contribution in [0.15, 0.2) is 36.4 Å². The van der Waals surface area contributed by atoms with E-state index < -0.39 is 5.97 Å². The first kappa shape index (κ1) is 30.0. The zero-order valence-electron chi connectivity index (χ0n) is 27.2. The van der Waals surface area contributed by atoms with Crippen LogP contribution in [-0.2, 0) is 0 Å². The molecule has 6 rings (SSSR count). The number of methoxy groups -OCH3 is 1. The summed E-state index contributed by atoms with van der Waals surface area (Å²) in [5.41, 5.74) is 4.81. The minimum Gasteiger partial charge on any atom is -0.496 e. The van der Waals surface area contributed by atoms with Crippen LogP contribution in [0.4, 0.5) is 0 Å². The summed E-state index contributed by atoms with van der Waals surface area (Å²) >= 11 is 0. The van der Waals surface area contributed by atoms with Crippen LogP contribution in [0.5, 0.6) is 5.75 Å². The van der Waals surface area contributed by atoms with Gasteiger partial charge in [0.05, 0.1) is 7.11 Å². The lowest BCUT2D eigenvalue weighted by Crippen LogP contribution is -2.65. The highest BCUT2D eigenvalue weighted by Gasteiger charge is 2.70. The zero-order chi connectivity index (χ0) is 30.5. The third-order valence-corrected chi connectivity index (χ3v) is 14.9. The third-order valence-electron chi connectivity index (χ3n) is 14.9. The molecule has 9 atom stereocenters. The number of carboxylic acid groups (broad SMARTS) is 1. The van der Waals surface area contributed by atoms with E-state index in [0.29, 0.717) is 41.9 Å². The molecular formula is C38H54O4. The third kappa shape index (κ3) is 3.78. The van der Waals surface area contributed by atoms with E-state index in [1.165, 1.54) is 49.7 Å². The number of carboxylic acids is 1. The molecule has 0 saturated heterocycles. The van der Waals surface area contributed by atoms with Crippen molar-refractivity contribution in [2.24, 2.45) is 56.7 Å². The molecule has 0 aliphatic heterocycles. The van der Waals surface area contributed by atoms with E-state index in [-0.39, 0.29) is 32.6 Å². The summed E-state index contributed by atoms with van der Waals surface area (Å²) in [7, 11) is 1.56. The van der Waals surface area contributed by atoms with Crippen LogP contribution in [0.2, 0.25) is 0 Å². The number of aromatic carboxylic acids is 1. The SMILES string of the molecule is C=C(C)[C@@H]1CC[C@]2(CO)CC[C@]3(C)[C@H](CCC4[C@@]5(C)CC=C(c6ccc(C(=O)O)c(OC)c6)C(C)(C)C5CC[C@]43C)C12. The molecule has 0 radical (unpaired) electrons. The van der Waals surface area contributed by atoms with Crippen molar-refractivity contribution in [3.05, 3.63) is 47.6 Å². The molecule has 5 aliphatic carbocycles. The van der Waals surface area contributed by atoms with Crippen LogP contribution in [0.1, 0.15) is 115 Å². The second-order valence-electron chi connectivity index (χ2n) is 16.5. The molecule has 0 aromatic heterocycles. The second kappa shape index (κ2) is 9.71. The molecule has 4 nitrogen and oxygen atoms in total. The van der Waals surface area contributed by atoms with E-state index in [0.717, 1.165) is 24.8 Å². The quantitative estimate of drug-likeness (QED) is 0.344. The highest BCUT2D eigenvalue weighted by Crippen LogP contribution is 2.77. The summed E-state index contributed by atoms with van der Waals surface area (Å²) in [4.78, 5) is 11.8. The van der Waals surface area contributed by atoms with Crippen LogP contribution in [0.3, 0.4) is 0 Å². The molecule has 2 N–H and O–H groups in total. The molecule has 1 aromatic carbocycles. The largest absolute Gasteiger partial charge is 0.496 e. The molecule has 0 amide bonds. The van der Waals surface area contributed by atoms with Crippen LogP contribution in [0, 0.1) is 56.7 Å². The van der Waals surface area contributed by atoms with Gasteiger partial charge in [0.25, 0.3) is 0 Å². The van der Waals surface area contributed by atoms with E-state index in [1.807, 2.05) is 12.1 Å². The number of aliphatic hydroxyl groups is 1. The fraction of sp³-hybridized carbons (Fsp3) is 0.711. The maximum atomic E-state index is 11.8. The molecule has 3 unspecified atom stereocenters. The Morgan fingerprint density at radius 3 is 2.36 bits per heavy atom. The number of fused-ring (bicyclic) bond motifs is 7. The van der Waals surface area contributed by atoms with Crippen molar-refractivity contribution in [1.29, 1.82) is 0 Å². The molecule has 1 aromatic rings. The van der Waals surface area contributed by atoms with Gasteiger partial charge < -0.3 is 14.9 Å². The van der Waals surface area contributed by atoms with Crippen molar-refractivity contribution >= 4 is 11.5 Å². The van der Waals surface area contributed by atoms with E-state index >= 15 is 0 Å². The molecule has 4 heteroatoms. The summed E-state index contributed by atoms with van der Waals surface area (Å²) in [6.07, 6.45) is 13.4. The van der Waals surface area contributed by atoms with Crippen molar-refractivity contribution in [2.45, 2.75) is 99.3 Å². The molecular weight excluding hydrogens is 520 g/mol. The Balaban J connectivity index is 1.37. The molecule has 0 bridgehead atoms. The number of benzene rings is 1. The van der Waals surface area contributed by atoms with Gasteiger partial charge in [-0.25, -0.2) is 4.79 Å². The Bertz CT molecular complexity index is 1320. The Hall–Kier alpha value is -2.07. The Labute approximate surface area is 254 Å². The number of hydrogen-bond acceptors (Lipinski definition) is 3. The first-order valence-corrected chi connectivity index (χ1v) is 16.6. The molecule has 0 heterocycles. The van der Waals surface area contributed by atoms with Crippen molar-refractivity contribution in [3.63, 3.8) is 0 Å². The lowest BCUT2D eigenvalue weighted by molar-refractivity contribution is -0.228. The minimum atomic E-state index is -0.954. The van der Waals surface area contributed by atoms with Gasteiger partial charge >= 0.3 is 5.97 Å². The van der Waals surface area contributed by atoms with Crippen LogP contribution in [0.25, 0.3) is 5.57 Å². The normalized spacial score (nSPS) is 43.7. The van der Waals surface area contributed by atoms with Gasteiger partial charge in [0.2, 0.25) is 0 Å². The van der Waals surface area contributed by atoms with E-state index in [4.69, 9.17) is 4.74 Å². The second-order valence-corrected chi connectivity index (χ2v) is 16.5. The van der Waals surface area contributed by atoms with E-state index in [1.54, 1.807) is 13.2 Å². The number of aliphatic hydroxyl groups excluding tert-OH is 1. The summed E-state index contributed by atoms with van der Waals surface area (Å²) < 4.78 is 5.52. The van der Waals surface area contributed by atoms with Crippen molar-refractivity contribution < 1.29 is 19.7 Å². The lowest BCUT2D eigenvalue weighted by Gasteiger charge is -2.72. The predicted molar refractivity (Wildman–Crippen MR) is 169 cm³/mol. The van der Waals surface area contributed by atoms with E-state index in [2.05, 4.69) is 54.2 Å². The maximum absolute atomic E-state index is 11.8. The van der Waals surface area contributed by atoms with Gasteiger partial charge in [-0.15, -0.1) is 0 Å². The molecule has 230 valence electrons. The molecule has 5 aliphatic rings. The van der Waals surface area contributed by atoms with Crippen molar-refractivity contribution in [1.82, 2.24) is 0 Å². The highest BCUT2D eigenvalue weighted by molar-refractivity contribution is 5.91. The first-order chi connectivity index (χ1) is 19.7. The molecule has 4 fully saturated rings.